The van der Waals surface area contributed by atoms with Crippen LogP contribution in [0.15, 0.2) is 11.8 Å². The van der Waals surface area contributed by atoms with Crippen molar-refractivity contribution >= 4 is 12.1 Å². The number of rotatable bonds is 2. The van der Waals surface area contributed by atoms with Gasteiger partial charge in [-0.3, -0.25) is 4.79 Å². The Hall–Kier alpha value is -1.32. The molecule has 0 aliphatic rings. The van der Waals surface area contributed by atoms with E-state index in [9.17, 15) is 4.79 Å². The van der Waals surface area contributed by atoms with E-state index >= 15 is 0 Å². The molecule has 0 aliphatic heterocycles. The lowest BCUT2D eigenvalue weighted by molar-refractivity contribution is -0.114. The molecule has 4 N–H and O–H groups in total. The van der Waals surface area contributed by atoms with Gasteiger partial charge in [0.2, 0.25) is 0 Å². The summed E-state index contributed by atoms with van der Waals surface area (Å²) >= 11 is 0. The first-order chi connectivity index (χ1) is 3.72. The van der Waals surface area contributed by atoms with Crippen LogP contribution in [-0.2, 0) is 4.79 Å². The van der Waals surface area contributed by atoms with E-state index in [0.29, 0.717) is 12.5 Å². The molecule has 0 aromatic heterocycles. The van der Waals surface area contributed by atoms with Gasteiger partial charge < -0.3 is 16.2 Å². The molecule has 4 heteroatoms. The van der Waals surface area contributed by atoms with Crippen LogP contribution < -0.4 is 5.73 Å². The van der Waals surface area contributed by atoms with Crippen LogP contribution in [0.5, 0.6) is 0 Å². The molecule has 0 spiro atoms. The number of amides is 1. The molecule has 0 fully saturated rings. The maximum atomic E-state index is 10.0. The molecule has 0 bridgehead atoms. The zero-order valence-corrected chi connectivity index (χ0v) is 4.09. The fraction of sp³-hybridized carbons (Fsp3) is 0. The van der Waals surface area contributed by atoms with Crippen LogP contribution in [-0.4, -0.2) is 17.2 Å². The average Bonchev–Trinajstić information content (AvgIpc) is 1.69. The highest BCUT2D eigenvalue weighted by molar-refractivity contribution is 6.10. The SMILES string of the molecule is N=CC(=CO)C(N)=O. The second-order valence-electron chi connectivity index (χ2n) is 1.09. The monoisotopic (exact) mass is 114 g/mol. The molecule has 0 heterocycles. The van der Waals surface area contributed by atoms with Crippen LogP contribution in [0.4, 0.5) is 0 Å². The Morgan fingerprint density at radius 1 is 1.75 bits per heavy atom. The molecule has 0 aromatic rings. The normalized spacial score (nSPS) is 10.8. The molecule has 0 aromatic carbocycles. The third-order valence-corrected chi connectivity index (χ3v) is 0.579. The second kappa shape index (κ2) is 2.79. The van der Waals surface area contributed by atoms with Gasteiger partial charge in [-0.25, -0.2) is 0 Å². The number of carbonyl (C=O) groups excluding carboxylic acids is 1. The van der Waals surface area contributed by atoms with Crippen molar-refractivity contribution in [1.82, 2.24) is 0 Å². The van der Waals surface area contributed by atoms with Gasteiger partial charge in [-0.1, -0.05) is 0 Å². The highest BCUT2D eigenvalue weighted by Gasteiger charge is 1.97. The number of nitrogens with two attached hydrogens (primary N) is 1. The largest absolute Gasteiger partial charge is 0.515 e. The quantitative estimate of drug-likeness (QED) is 0.258. The Kier molecular flexibility index (Phi) is 2.33. The van der Waals surface area contributed by atoms with E-state index < -0.39 is 5.91 Å². The van der Waals surface area contributed by atoms with Crippen LogP contribution in [0, 0.1) is 5.41 Å². The fourth-order valence-electron chi connectivity index (χ4n) is 0.172. The highest BCUT2D eigenvalue weighted by Crippen LogP contribution is 1.81. The molecule has 0 atom stereocenters. The van der Waals surface area contributed by atoms with Crippen molar-refractivity contribution in [2.75, 3.05) is 0 Å². The van der Waals surface area contributed by atoms with Crippen molar-refractivity contribution < 1.29 is 9.90 Å². The lowest BCUT2D eigenvalue weighted by Crippen LogP contribution is -2.14. The number of nitrogens with one attached hydrogen (secondary N) is 1. The molecule has 1 amide bonds. The van der Waals surface area contributed by atoms with Gasteiger partial charge in [0, 0.05) is 6.21 Å². The van der Waals surface area contributed by atoms with Gasteiger partial charge in [-0.2, -0.15) is 0 Å². The zero-order valence-electron chi connectivity index (χ0n) is 4.09. The van der Waals surface area contributed by atoms with Crippen molar-refractivity contribution in [1.29, 1.82) is 5.41 Å². The summed E-state index contributed by atoms with van der Waals surface area (Å²) in [6.45, 7) is 0. The summed E-state index contributed by atoms with van der Waals surface area (Å²) in [6, 6.07) is 0. The molecule has 0 saturated carbocycles. The molecule has 0 saturated heterocycles. The molecule has 4 nitrogen and oxygen atoms in total. The smallest absolute Gasteiger partial charge is 0.253 e. The third kappa shape index (κ3) is 1.42. The Morgan fingerprint density at radius 3 is 2.25 bits per heavy atom. The first-order valence-electron chi connectivity index (χ1n) is 1.87. The number of carbonyl (C=O) groups is 1. The van der Waals surface area contributed by atoms with Gasteiger partial charge in [-0.15, -0.1) is 0 Å². The Morgan fingerprint density at radius 2 is 2.25 bits per heavy atom. The maximum Gasteiger partial charge on any atom is 0.253 e. The molecule has 8 heavy (non-hydrogen) atoms. The van der Waals surface area contributed by atoms with Gasteiger partial charge in [0.1, 0.15) is 0 Å². The molecule has 0 rings (SSSR count). The fourth-order valence-corrected chi connectivity index (χ4v) is 0.172. The summed E-state index contributed by atoms with van der Waals surface area (Å²) in [4.78, 5) is 10.0. The van der Waals surface area contributed by atoms with Crippen molar-refractivity contribution in [2.45, 2.75) is 0 Å². The number of hydrogen-bond donors (Lipinski definition) is 3. The van der Waals surface area contributed by atoms with Crippen LogP contribution in [0.25, 0.3) is 0 Å². The summed E-state index contributed by atoms with van der Waals surface area (Å²) in [7, 11) is 0. The van der Waals surface area contributed by atoms with Crippen molar-refractivity contribution in [3.8, 4) is 0 Å². The zero-order chi connectivity index (χ0) is 6.57. The summed E-state index contributed by atoms with van der Waals surface area (Å²) in [5, 5.41) is 14.5. The first kappa shape index (κ1) is 6.68. The van der Waals surface area contributed by atoms with E-state index in [0.717, 1.165) is 0 Å². The van der Waals surface area contributed by atoms with E-state index in [1.165, 1.54) is 0 Å². The molecule has 0 aliphatic carbocycles. The van der Waals surface area contributed by atoms with Gasteiger partial charge in [0.05, 0.1) is 11.8 Å². The number of aliphatic hydroxyl groups is 1. The van der Waals surface area contributed by atoms with E-state index in [-0.39, 0.29) is 5.57 Å². The van der Waals surface area contributed by atoms with Crippen LogP contribution in [0.3, 0.4) is 0 Å². The number of aliphatic hydroxyl groups excluding tert-OH is 1. The molecule has 0 radical (unpaired) electrons. The topological polar surface area (TPSA) is 87.2 Å². The molecular weight excluding hydrogens is 108 g/mol. The molecule has 0 unspecified atom stereocenters. The van der Waals surface area contributed by atoms with E-state index in [2.05, 4.69) is 5.73 Å². The summed E-state index contributed by atoms with van der Waals surface area (Å²) in [6.07, 6.45) is 1.18. The predicted molar refractivity (Wildman–Crippen MR) is 28.7 cm³/mol. The average molecular weight is 114 g/mol. The molecule has 44 valence electrons. The lowest BCUT2D eigenvalue weighted by Gasteiger charge is -1.85. The van der Waals surface area contributed by atoms with E-state index in [1.807, 2.05) is 0 Å². The summed E-state index contributed by atoms with van der Waals surface area (Å²) in [5.41, 5.74) is 4.44. The van der Waals surface area contributed by atoms with Crippen molar-refractivity contribution in [3.63, 3.8) is 0 Å². The number of primary amides is 1. The standard InChI is InChI=1S/C4H6N2O2/c5-1-3(2-7)4(6)8/h1-2,5,7H,(H2,6,8). The maximum absolute atomic E-state index is 10.0. The van der Waals surface area contributed by atoms with Crippen molar-refractivity contribution in [3.05, 3.63) is 11.8 Å². The molecular formula is C4H6N2O2. The van der Waals surface area contributed by atoms with Gasteiger partial charge in [-0.05, 0) is 0 Å². The minimum Gasteiger partial charge on any atom is -0.515 e. The summed E-state index contributed by atoms with van der Waals surface area (Å²) in [5.74, 6) is -0.803. The first-order valence-corrected chi connectivity index (χ1v) is 1.87. The van der Waals surface area contributed by atoms with Crippen LogP contribution >= 0.6 is 0 Å². The number of hydrogen-bond acceptors (Lipinski definition) is 3. The van der Waals surface area contributed by atoms with Gasteiger partial charge in [0.25, 0.3) is 5.91 Å². The Labute approximate surface area is 46.1 Å². The summed E-state index contributed by atoms with van der Waals surface area (Å²) < 4.78 is 0. The lowest BCUT2D eigenvalue weighted by atomic mass is 10.3. The highest BCUT2D eigenvalue weighted by atomic mass is 16.2. The van der Waals surface area contributed by atoms with Gasteiger partial charge in [0.15, 0.2) is 0 Å². The minimum atomic E-state index is -0.803. The van der Waals surface area contributed by atoms with Crippen LogP contribution in [0.1, 0.15) is 0 Å². The van der Waals surface area contributed by atoms with Crippen LogP contribution in [0.2, 0.25) is 0 Å². The van der Waals surface area contributed by atoms with Gasteiger partial charge >= 0.3 is 0 Å². The minimum absolute atomic E-state index is 0.204. The van der Waals surface area contributed by atoms with E-state index in [1.54, 1.807) is 0 Å². The second-order valence-corrected chi connectivity index (χ2v) is 1.09. The Bertz CT molecular complexity index is 139. The Balaban J connectivity index is 4.13. The van der Waals surface area contributed by atoms with E-state index in [4.69, 9.17) is 10.5 Å². The third-order valence-electron chi connectivity index (χ3n) is 0.579. The van der Waals surface area contributed by atoms with Crippen molar-refractivity contribution in [2.24, 2.45) is 5.73 Å². The predicted octanol–water partition coefficient (Wildman–Crippen LogP) is -0.437.